The van der Waals surface area contributed by atoms with Crippen LogP contribution in [0.3, 0.4) is 0 Å². The van der Waals surface area contributed by atoms with E-state index >= 15 is 0 Å². The molecule has 1 saturated carbocycles. The average molecular weight is 411 g/mol. The Morgan fingerprint density at radius 2 is 1.97 bits per heavy atom. The summed E-state index contributed by atoms with van der Waals surface area (Å²) in [6.45, 7) is 1.71. The van der Waals surface area contributed by atoms with Gasteiger partial charge < -0.3 is 19.5 Å². The van der Waals surface area contributed by atoms with E-state index in [-0.39, 0.29) is 18.2 Å². The van der Waals surface area contributed by atoms with Gasteiger partial charge in [0, 0.05) is 37.3 Å². The maximum atomic E-state index is 5.96. The zero-order valence-electron chi connectivity index (χ0n) is 16.9. The lowest BCUT2D eigenvalue weighted by Crippen LogP contribution is -2.37. The van der Waals surface area contributed by atoms with Crippen LogP contribution in [0.2, 0.25) is 0 Å². The van der Waals surface area contributed by atoms with E-state index in [9.17, 15) is 0 Å². The number of hydrogen-bond acceptors (Lipinski definition) is 3. The summed E-state index contributed by atoms with van der Waals surface area (Å²) in [5.41, 5.74) is 2.39. The fourth-order valence-electron chi connectivity index (χ4n) is 5.28. The lowest BCUT2D eigenvalue weighted by Gasteiger charge is -2.33. The van der Waals surface area contributed by atoms with Crippen LogP contribution in [0.1, 0.15) is 74.5 Å². The molecule has 154 valence electrons. The maximum Gasteiger partial charge on any atom is 0.170 e. The molecule has 1 aliphatic carbocycles. The van der Waals surface area contributed by atoms with Crippen molar-refractivity contribution in [3.05, 3.63) is 54.1 Å². The predicted octanol–water partition coefficient (Wildman–Crippen LogP) is 4.54. The minimum Gasteiger partial charge on any atom is -0.376 e. The molecule has 29 heavy (non-hydrogen) atoms. The van der Waals surface area contributed by atoms with E-state index < -0.39 is 0 Å². The third kappa shape index (κ3) is 3.80. The van der Waals surface area contributed by atoms with Gasteiger partial charge in [0.05, 0.1) is 23.9 Å². The van der Waals surface area contributed by atoms with Gasteiger partial charge in [0.15, 0.2) is 5.11 Å². The zero-order chi connectivity index (χ0) is 19.6. The fourth-order valence-corrected chi connectivity index (χ4v) is 5.60. The van der Waals surface area contributed by atoms with Crippen LogP contribution < -0.4 is 5.32 Å². The molecular formula is C23H30N4OS. The van der Waals surface area contributed by atoms with Crippen molar-refractivity contribution in [1.82, 2.24) is 19.8 Å². The Morgan fingerprint density at radius 1 is 1.07 bits per heavy atom. The molecule has 0 radical (unpaired) electrons. The first kappa shape index (κ1) is 19.1. The van der Waals surface area contributed by atoms with Crippen LogP contribution in [-0.2, 0) is 4.74 Å². The average Bonchev–Trinajstić information content (AvgIpc) is 3.51. The first-order chi connectivity index (χ1) is 14.3. The number of aromatic nitrogens is 2. The highest BCUT2D eigenvalue weighted by Crippen LogP contribution is 2.41. The van der Waals surface area contributed by atoms with E-state index in [1.165, 1.54) is 37.8 Å². The second kappa shape index (κ2) is 8.44. The molecule has 2 aliphatic heterocycles. The van der Waals surface area contributed by atoms with E-state index in [1.807, 2.05) is 12.3 Å². The van der Waals surface area contributed by atoms with E-state index in [2.05, 4.69) is 50.2 Å². The van der Waals surface area contributed by atoms with Gasteiger partial charge in [-0.05, 0) is 62.2 Å². The van der Waals surface area contributed by atoms with Gasteiger partial charge in [-0.15, -0.1) is 0 Å². The van der Waals surface area contributed by atoms with Gasteiger partial charge >= 0.3 is 0 Å². The predicted molar refractivity (Wildman–Crippen MR) is 118 cm³/mol. The number of pyridine rings is 1. The summed E-state index contributed by atoms with van der Waals surface area (Å²) in [7, 11) is 0. The summed E-state index contributed by atoms with van der Waals surface area (Å²) >= 11 is 5.83. The molecule has 0 aromatic carbocycles. The highest BCUT2D eigenvalue weighted by atomic mass is 32.1. The number of nitrogens with zero attached hydrogens (tertiary/aromatic N) is 3. The van der Waals surface area contributed by atoms with Crippen molar-refractivity contribution in [2.24, 2.45) is 0 Å². The Kier molecular flexibility index (Phi) is 5.55. The smallest absolute Gasteiger partial charge is 0.170 e. The zero-order valence-corrected chi connectivity index (χ0v) is 17.7. The molecule has 0 bridgehead atoms. The Labute approximate surface area is 178 Å². The van der Waals surface area contributed by atoms with Crippen LogP contribution in [0.15, 0.2) is 42.7 Å². The highest BCUT2D eigenvalue weighted by Gasteiger charge is 2.42. The molecule has 5 nitrogen and oxygen atoms in total. The van der Waals surface area contributed by atoms with Crippen LogP contribution in [0.5, 0.6) is 0 Å². The summed E-state index contributed by atoms with van der Waals surface area (Å²) in [4.78, 5) is 7.03. The lowest BCUT2D eigenvalue weighted by molar-refractivity contribution is 0.0831. The van der Waals surface area contributed by atoms with E-state index in [0.29, 0.717) is 6.04 Å². The fraction of sp³-hybridized carbons (Fsp3) is 0.565. The van der Waals surface area contributed by atoms with Crippen LogP contribution in [-0.4, -0.2) is 38.8 Å². The topological polar surface area (TPSA) is 42.3 Å². The standard InChI is InChI=1S/C23H30N4OS/c29-23-25-21(19-11-4-5-13-24-19)22(27(23)16-18-10-7-15-28-18)20-12-6-14-26(20)17-8-2-1-3-9-17/h4-6,11-14,17-18,21-22H,1-3,7-10,15-16H2,(H,25,29)/t18-,21+,22+/m0/s1. The van der Waals surface area contributed by atoms with Gasteiger partial charge in [0.25, 0.3) is 0 Å². The monoisotopic (exact) mass is 410 g/mol. The Hall–Kier alpha value is -1.92. The molecule has 0 unspecified atom stereocenters. The molecule has 2 aromatic rings. The largest absolute Gasteiger partial charge is 0.376 e. The molecule has 3 aliphatic rings. The Balaban J connectivity index is 1.51. The van der Waals surface area contributed by atoms with Crippen molar-refractivity contribution in [3.63, 3.8) is 0 Å². The van der Waals surface area contributed by atoms with Gasteiger partial charge in [-0.1, -0.05) is 25.3 Å². The SMILES string of the molecule is S=C1N[C@H](c2ccccn2)[C@@H](c2cccn2C2CCCCC2)N1C[C@@H]1CCCO1. The molecule has 3 fully saturated rings. The maximum absolute atomic E-state index is 5.96. The second-order valence-electron chi connectivity index (χ2n) is 8.55. The summed E-state index contributed by atoms with van der Waals surface area (Å²) in [5, 5.41) is 4.41. The minimum absolute atomic E-state index is 0.0577. The van der Waals surface area contributed by atoms with Gasteiger partial charge in [-0.3, -0.25) is 4.98 Å². The van der Waals surface area contributed by atoms with E-state index in [0.717, 1.165) is 36.8 Å². The lowest BCUT2D eigenvalue weighted by atomic mass is 9.94. The molecule has 3 atom stereocenters. The summed E-state index contributed by atoms with van der Waals surface area (Å²) in [5.74, 6) is 0. The molecule has 5 rings (SSSR count). The first-order valence-electron chi connectivity index (χ1n) is 11.1. The van der Waals surface area contributed by atoms with Gasteiger partial charge in [0.1, 0.15) is 0 Å². The third-order valence-electron chi connectivity index (χ3n) is 6.71. The summed E-state index contributed by atoms with van der Waals surface area (Å²) in [6.07, 6.45) is 13.2. The molecular weight excluding hydrogens is 380 g/mol. The Bertz CT molecular complexity index is 826. The van der Waals surface area contributed by atoms with E-state index in [1.54, 1.807) is 0 Å². The normalized spacial score (nSPS) is 28.1. The van der Waals surface area contributed by atoms with Gasteiger partial charge in [0.2, 0.25) is 0 Å². The quantitative estimate of drug-likeness (QED) is 0.733. The molecule has 0 amide bonds. The van der Waals surface area contributed by atoms with Crippen LogP contribution in [0.25, 0.3) is 0 Å². The number of nitrogens with one attached hydrogen (secondary N) is 1. The number of hydrogen-bond donors (Lipinski definition) is 1. The molecule has 2 saturated heterocycles. The molecule has 0 spiro atoms. The minimum atomic E-state index is 0.0577. The molecule has 1 N–H and O–H groups in total. The Morgan fingerprint density at radius 3 is 2.72 bits per heavy atom. The van der Waals surface area contributed by atoms with Crippen molar-refractivity contribution in [1.29, 1.82) is 0 Å². The van der Waals surface area contributed by atoms with Crippen LogP contribution in [0, 0.1) is 0 Å². The second-order valence-corrected chi connectivity index (χ2v) is 8.93. The van der Waals surface area contributed by atoms with Crippen LogP contribution >= 0.6 is 12.2 Å². The number of thiocarbonyl (C=S) groups is 1. The van der Waals surface area contributed by atoms with E-state index in [4.69, 9.17) is 17.0 Å². The van der Waals surface area contributed by atoms with Crippen LogP contribution in [0.4, 0.5) is 0 Å². The number of ether oxygens (including phenoxy) is 1. The molecule has 2 aromatic heterocycles. The van der Waals surface area contributed by atoms with Crippen molar-refractivity contribution < 1.29 is 4.74 Å². The summed E-state index contributed by atoms with van der Waals surface area (Å²) in [6, 6.07) is 11.4. The highest BCUT2D eigenvalue weighted by molar-refractivity contribution is 7.80. The van der Waals surface area contributed by atoms with Crippen molar-refractivity contribution in [2.45, 2.75) is 69.2 Å². The first-order valence-corrected chi connectivity index (χ1v) is 11.5. The number of rotatable bonds is 5. The van der Waals surface area contributed by atoms with Crippen molar-refractivity contribution in [3.8, 4) is 0 Å². The third-order valence-corrected chi connectivity index (χ3v) is 7.06. The molecule has 4 heterocycles. The summed E-state index contributed by atoms with van der Waals surface area (Å²) < 4.78 is 8.49. The van der Waals surface area contributed by atoms with Gasteiger partial charge in [-0.25, -0.2) is 0 Å². The van der Waals surface area contributed by atoms with Crippen molar-refractivity contribution >= 4 is 17.3 Å². The molecule has 6 heteroatoms. The van der Waals surface area contributed by atoms with Gasteiger partial charge in [-0.2, -0.15) is 0 Å². The van der Waals surface area contributed by atoms with Crippen molar-refractivity contribution in [2.75, 3.05) is 13.2 Å².